The third kappa shape index (κ3) is 11.5. The number of rotatable bonds is 11. The van der Waals surface area contributed by atoms with Crippen molar-refractivity contribution < 1.29 is 29.4 Å². The molecule has 0 rings (SSSR count). The first-order valence-corrected chi connectivity index (χ1v) is 8.24. The Bertz CT molecular complexity index is 277. The van der Waals surface area contributed by atoms with Gasteiger partial charge in [0.15, 0.2) is 0 Å². The number of quaternary nitrogens is 1. The largest absolute Gasteiger partial charge is 0.547 e. The van der Waals surface area contributed by atoms with E-state index in [-0.39, 0.29) is 0 Å². The smallest absolute Gasteiger partial charge is 0.306 e. The Morgan fingerprint density at radius 3 is 1.36 bits per heavy atom. The van der Waals surface area contributed by atoms with Crippen LogP contribution in [0.2, 0.25) is 0 Å². The van der Waals surface area contributed by atoms with Gasteiger partial charge in [-0.15, -0.1) is 0 Å². The van der Waals surface area contributed by atoms with E-state index < -0.39 is 24.5 Å². The summed E-state index contributed by atoms with van der Waals surface area (Å²) in [5.74, 6) is -3.14. The number of carbonyl (C=O) groups excluding carboxylic acids is 1. The number of aliphatic hydroxyl groups excluding tert-OH is 1. The second-order valence-corrected chi connectivity index (χ2v) is 5.67. The highest BCUT2D eigenvalue weighted by molar-refractivity contribution is 5.77. The van der Waals surface area contributed by atoms with Crippen LogP contribution in [-0.2, 0) is 9.59 Å². The number of aliphatic hydroxyl groups is 1. The number of hydrogen-bond acceptors (Lipinski definition) is 4. The normalized spacial score (nSPS) is 12.2. The number of nitrogens with zero attached hydrogens (tertiary/aromatic N) is 1. The SMILES string of the molecule is CCC[N+](CCC)(CCC)CCC.O=C(O)CC(O)C(=O)[O-]. The lowest BCUT2D eigenvalue weighted by Crippen LogP contribution is -2.50. The van der Waals surface area contributed by atoms with E-state index in [2.05, 4.69) is 27.7 Å². The molecule has 0 fully saturated rings. The predicted octanol–water partition coefficient (Wildman–Crippen LogP) is 1.02. The monoisotopic (exact) mass is 319 g/mol. The highest BCUT2D eigenvalue weighted by atomic mass is 16.4. The molecule has 0 saturated heterocycles. The third-order valence-electron chi connectivity index (χ3n) is 3.43. The molecule has 0 spiro atoms. The van der Waals surface area contributed by atoms with Crippen LogP contribution in [0.4, 0.5) is 0 Å². The van der Waals surface area contributed by atoms with Crippen molar-refractivity contribution in [1.82, 2.24) is 0 Å². The fourth-order valence-electron chi connectivity index (χ4n) is 2.82. The van der Waals surface area contributed by atoms with Crippen LogP contribution in [0, 0.1) is 0 Å². The maximum absolute atomic E-state index is 9.66. The van der Waals surface area contributed by atoms with Crippen LogP contribution < -0.4 is 5.11 Å². The summed E-state index contributed by atoms with van der Waals surface area (Å²) in [5, 5.41) is 25.7. The predicted molar refractivity (Wildman–Crippen MR) is 84.2 cm³/mol. The molecule has 2 N–H and O–H groups in total. The van der Waals surface area contributed by atoms with Crippen LogP contribution in [0.3, 0.4) is 0 Å². The molecule has 0 heterocycles. The lowest BCUT2D eigenvalue weighted by Gasteiger charge is -2.38. The Morgan fingerprint density at radius 2 is 1.23 bits per heavy atom. The Kier molecular flexibility index (Phi) is 14.2. The second-order valence-electron chi connectivity index (χ2n) is 5.67. The maximum Gasteiger partial charge on any atom is 0.306 e. The average Bonchev–Trinajstić information content (AvgIpc) is 2.39. The van der Waals surface area contributed by atoms with Gasteiger partial charge in [-0.2, -0.15) is 0 Å². The second kappa shape index (κ2) is 13.5. The van der Waals surface area contributed by atoms with Gasteiger partial charge in [0.25, 0.3) is 0 Å². The number of aliphatic carboxylic acids is 2. The van der Waals surface area contributed by atoms with Crippen molar-refractivity contribution in [3.63, 3.8) is 0 Å². The fourth-order valence-corrected chi connectivity index (χ4v) is 2.82. The molecular formula is C16H33NO5. The third-order valence-corrected chi connectivity index (χ3v) is 3.43. The summed E-state index contributed by atoms with van der Waals surface area (Å²) in [5.41, 5.74) is 0. The molecule has 0 saturated carbocycles. The highest BCUT2D eigenvalue weighted by Crippen LogP contribution is 2.12. The van der Waals surface area contributed by atoms with E-state index in [1.165, 1.54) is 56.3 Å². The molecule has 0 aromatic carbocycles. The Labute approximate surface area is 134 Å². The van der Waals surface area contributed by atoms with E-state index in [1.54, 1.807) is 0 Å². The van der Waals surface area contributed by atoms with Gasteiger partial charge in [0.05, 0.1) is 38.6 Å². The number of hydrogen-bond donors (Lipinski definition) is 2. The molecule has 0 bridgehead atoms. The molecule has 0 radical (unpaired) electrons. The van der Waals surface area contributed by atoms with Gasteiger partial charge < -0.3 is 24.6 Å². The first kappa shape index (κ1) is 23.1. The Hall–Kier alpha value is -1.14. The van der Waals surface area contributed by atoms with Crippen LogP contribution in [0.1, 0.15) is 59.8 Å². The summed E-state index contributed by atoms with van der Waals surface area (Å²) >= 11 is 0. The van der Waals surface area contributed by atoms with Crippen LogP contribution in [0.25, 0.3) is 0 Å². The van der Waals surface area contributed by atoms with E-state index in [0.29, 0.717) is 0 Å². The molecule has 6 nitrogen and oxygen atoms in total. The molecule has 6 heteroatoms. The quantitative estimate of drug-likeness (QED) is 0.554. The van der Waals surface area contributed by atoms with Gasteiger partial charge in [-0.1, -0.05) is 27.7 Å². The standard InChI is InChI=1S/C12H28N.C4H6O5/c1-5-9-13(10-6-2,11-7-3)12-8-4;5-2(4(8)9)1-3(6)7/h5-12H2,1-4H3;2,5H,1H2,(H,6,7)(H,8,9)/q+1;/p-1. The molecule has 22 heavy (non-hydrogen) atoms. The van der Waals surface area contributed by atoms with Crippen LogP contribution >= 0.6 is 0 Å². The van der Waals surface area contributed by atoms with E-state index in [9.17, 15) is 14.7 Å². The Balaban J connectivity index is 0. The molecule has 0 aliphatic carbocycles. The van der Waals surface area contributed by atoms with Gasteiger partial charge in [-0.3, -0.25) is 4.79 Å². The summed E-state index contributed by atoms with van der Waals surface area (Å²) in [6.45, 7) is 14.8. The van der Waals surface area contributed by atoms with Gasteiger partial charge in [-0.05, 0) is 25.7 Å². The lowest BCUT2D eigenvalue weighted by atomic mass is 10.2. The zero-order valence-corrected chi connectivity index (χ0v) is 14.5. The molecule has 0 amide bonds. The molecule has 0 aliphatic heterocycles. The first-order valence-electron chi connectivity index (χ1n) is 8.24. The highest BCUT2D eigenvalue weighted by Gasteiger charge is 2.22. The first-order chi connectivity index (χ1) is 10.3. The number of carboxylic acids is 2. The minimum absolute atomic E-state index is 0.817. The molecular weight excluding hydrogens is 286 g/mol. The lowest BCUT2D eigenvalue weighted by molar-refractivity contribution is -0.928. The molecule has 0 aliphatic rings. The van der Waals surface area contributed by atoms with E-state index >= 15 is 0 Å². The zero-order valence-electron chi connectivity index (χ0n) is 14.5. The Morgan fingerprint density at radius 1 is 0.909 bits per heavy atom. The van der Waals surface area contributed by atoms with E-state index in [1.807, 2.05) is 0 Å². The van der Waals surface area contributed by atoms with Crippen LogP contribution in [-0.4, -0.2) is 58.9 Å². The van der Waals surface area contributed by atoms with Crippen molar-refractivity contribution in [2.75, 3.05) is 26.2 Å². The summed E-state index contributed by atoms with van der Waals surface area (Å²) in [6.07, 6.45) is 2.62. The van der Waals surface area contributed by atoms with Gasteiger partial charge >= 0.3 is 5.97 Å². The molecule has 1 atom stereocenters. The summed E-state index contributed by atoms with van der Waals surface area (Å²) < 4.78 is 1.38. The van der Waals surface area contributed by atoms with Crippen molar-refractivity contribution in [3.8, 4) is 0 Å². The van der Waals surface area contributed by atoms with Gasteiger partial charge in [0.1, 0.15) is 6.10 Å². The van der Waals surface area contributed by atoms with Crippen molar-refractivity contribution in [2.45, 2.75) is 65.9 Å². The summed E-state index contributed by atoms with van der Waals surface area (Å²) in [6, 6.07) is 0. The topological polar surface area (TPSA) is 97.7 Å². The van der Waals surface area contributed by atoms with Gasteiger partial charge in [-0.25, -0.2) is 0 Å². The molecule has 0 aromatic rings. The van der Waals surface area contributed by atoms with E-state index in [0.717, 1.165) is 0 Å². The van der Waals surface area contributed by atoms with Crippen molar-refractivity contribution >= 4 is 11.9 Å². The summed E-state index contributed by atoms with van der Waals surface area (Å²) in [4.78, 5) is 19.3. The summed E-state index contributed by atoms with van der Waals surface area (Å²) in [7, 11) is 0. The van der Waals surface area contributed by atoms with Crippen LogP contribution in [0.5, 0.6) is 0 Å². The van der Waals surface area contributed by atoms with Crippen molar-refractivity contribution in [2.24, 2.45) is 0 Å². The number of carbonyl (C=O) groups is 2. The molecule has 132 valence electrons. The fraction of sp³-hybridized carbons (Fsp3) is 0.875. The minimum Gasteiger partial charge on any atom is -0.547 e. The minimum atomic E-state index is -1.90. The average molecular weight is 319 g/mol. The van der Waals surface area contributed by atoms with Crippen molar-refractivity contribution in [1.29, 1.82) is 0 Å². The maximum atomic E-state index is 9.66. The van der Waals surface area contributed by atoms with Crippen molar-refractivity contribution in [3.05, 3.63) is 0 Å². The van der Waals surface area contributed by atoms with Gasteiger partial charge in [0, 0.05) is 0 Å². The zero-order chi connectivity index (χ0) is 17.6. The molecule has 0 aromatic heterocycles. The van der Waals surface area contributed by atoms with E-state index in [4.69, 9.17) is 10.2 Å². The number of carboxylic acid groups (broad SMARTS) is 2. The van der Waals surface area contributed by atoms with Gasteiger partial charge in [0.2, 0.25) is 0 Å². The molecule has 1 unspecified atom stereocenters. The van der Waals surface area contributed by atoms with Crippen LogP contribution in [0.15, 0.2) is 0 Å².